The van der Waals surface area contributed by atoms with Gasteiger partial charge in [0.15, 0.2) is 11.6 Å². The van der Waals surface area contributed by atoms with Crippen LogP contribution in [-0.2, 0) is 5.60 Å². The number of piperidine rings is 1. The minimum Gasteiger partial charge on any atom is -0.497 e. The van der Waals surface area contributed by atoms with E-state index >= 15 is 0 Å². The van der Waals surface area contributed by atoms with Gasteiger partial charge in [-0.1, -0.05) is 11.6 Å². The Morgan fingerprint density at radius 2 is 1.72 bits per heavy atom. The second-order valence-electron chi connectivity index (χ2n) is 6.08. The summed E-state index contributed by atoms with van der Waals surface area (Å²) in [5, 5.41) is 11.3. The van der Waals surface area contributed by atoms with Crippen LogP contribution in [0.1, 0.15) is 18.4 Å². The molecule has 0 saturated carbocycles. The largest absolute Gasteiger partial charge is 0.497 e. The fourth-order valence-electron chi connectivity index (χ4n) is 3.09. The normalized spacial score (nSPS) is 16.6. The molecule has 1 aromatic carbocycles. The van der Waals surface area contributed by atoms with Gasteiger partial charge in [-0.25, -0.2) is 9.37 Å². The number of hydrogen-bond acceptors (Lipinski definition) is 5. The maximum absolute atomic E-state index is 14.1. The van der Waals surface area contributed by atoms with Crippen molar-refractivity contribution in [2.45, 2.75) is 18.4 Å². The summed E-state index contributed by atoms with van der Waals surface area (Å²) in [5.74, 6) is 1.04. The van der Waals surface area contributed by atoms with Crippen LogP contribution >= 0.6 is 11.6 Å². The van der Waals surface area contributed by atoms with E-state index in [9.17, 15) is 9.50 Å². The summed E-state index contributed by atoms with van der Waals surface area (Å²) in [7, 11) is 3.14. The molecule has 2 aromatic rings. The number of ether oxygens (including phenoxy) is 2. The molecular formula is C18H20ClFN2O3. The number of aromatic nitrogens is 1. The SMILES string of the molecule is COc1cc(OC)cc(C2(O)CCN(c3ncc(Cl)cc3F)CC2)c1. The number of anilines is 1. The zero-order valence-electron chi connectivity index (χ0n) is 14.1. The van der Waals surface area contributed by atoms with Gasteiger partial charge in [-0.05, 0) is 36.6 Å². The van der Waals surface area contributed by atoms with Gasteiger partial charge in [0.2, 0.25) is 0 Å². The lowest BCUT2D eigenvalue weighted by Crippen LogP contribution is -2.43. The lowest BCUT2D eigenvalue weighted by atomic mass is 9.84. The van der Waals surface area contributed by atoms with Gasteiger partial charge in [-0.2, -0.15) is 0 Å². The topological polar surface area (TPSA) is 54.8 Å². The van der Waals surface area contributed by atoms with E-state index in [1.54, 1.807) is 32.4 Å². The first-order valence-electron chi connectivity index (χ1n) is 7.97. The standard InChI is InChI=1S/C18H20ClFN2O3/c1-24-14-7-12(8-15(10-14)25-2)18(23)3-5-22(6-4-18)17-16(20)9-13(19)11-21-17/h7-11,23H,3-6H2,1-2H3. The summed E-state index contributed by atoms with van der Waals surface area (Å²) in [5.41, 5.74) is -0.297. The Morgan fingerprint density at radius 1 is 1.12 bits per heavy atom. The first kappa shape index (κ1) is 17.8. The van der Waals surface area contributed by atoms with Crippen molar-refractivity contribution in [2.24, 2.45) is 0 Å². The molecule has 1 fully saturated rings. The summed E-state index contributed by atoms with van der Waals surface area (Å²) in [6, 6.07) is 6.62. The van der Waals surface area contributed by atoms with Crippen LogP contribution < -0.4 is 14.4 Å². The molecule has 1 saturated heterocycles. The van der Waals surface area contributed by atoms with Crippen molar-refractivity contribution in [3.05, 3.63) is 46.9 Å². The van der Waals surface area contributed by atoms with E-state index in [0.717, 1.165) is 5.56 Å². The molecule has 134 valence electrons. The number of benzene rings is 1. The Balaban J connectivity index is 1.80. The van der Waals surface area contributed by atoms with Gasteiger partial charge >= 0.3 is 0 Å². The van der Waals surface area contributed by atoms with Gasteiger partial charge in [0, 0.05) is 25.4 Å². The second kappa shape index (κ2) is 7.06. The highest BCUT2D eigenvalue weighted by molar-refractivity contribution is 6.30. The quantitative estimate of drug-likeness (QED) is 0.899. The van der Waals surface area contributed by atoms with Crippen LogP contribution in [0.25, 0.3) is 0 Å². The molecule has 0 unspecified atom stereocenters. The minimum absolute atomic E-state index is 0.259. The molecule has 0 spiro atoms. The van der Waals surface area contributed by atoms with Crippen molar-refractivity contribution in [3.8, 4) is 11.5 Å². The van der Waals surface area contributed by atoms with E-state index in [1.807, 2.05) is 4.90 Å². The van der Waals surface area contributed by atoms with Crippen molar-refractivity contribution < 1.29 is 19.0 Å². The molecule has 1 aliphatic heterocycles. The van der Waals surface area contributed by atoms with Crippen LogP contribution in [0.4, 0.5) is 10.2 Å². The summed E-state index contributed by atoms with van der Waals surface area (Å²) in [6.07, 6.45) is 2.30. The van der Waals surface area contributed by atoms with E-state index in [-0.39, 0.29) is 10.8 Å². The van der Waals surface area contributed by atoms with Crippen molar-refractivity contribution in [1.82, 2.24) is 4.98 Å². The van der Waals surface area contributed by atoms with E-state index in [2.05, 4.69) is 4.98 Å². The van der Waals surface area contributed by atoms with Gasteiger partial charge in [-0.3, -0.25) is 0 Å². The Kier molecular flexibility index (Phi) is 5.01. The Hall–Kier alpha value is -2.05. The van der Waals surface area contributed by atoms with Crippen LogP contribution in [0.3, 0.4) is 0 Å². The molecule has 1 aliphatic rings. The molecular weight excluding hydrogens is 347 g/mol. The number of methoxy groups -OCH3 is 2. The number of aliphatic hydroxyl groups is 1. The molecule has 3 rings (SSSR count). The highest BCUT2D eigenvalue weighted by Crippen LogP contribution is 2.38. The Morgan fingerprint density at radius 3 is 2.24 bits per heavy atom. The van der Waals surface area contributed by atoms with Crippen molar-refractivity contribution >= 4 is 17.4 Å². The van der Waals surface area contributed by atoms with Gasteiger partial charge in [-0.15, -0.1) is 0 Å². The fourth-order valence-corrected chi connectivity index (χ4v) is 3.24. The van der Waals surface area contributed by atoms with Crippen LogP contribution in [0, 0.1) is 5.82 Å². The predicted molar refractivity (Wildman–Crippen MR) is 94.1 cm³/mol. The zero-order valence-corrected chi connectivity index (χ0v) is 14.9. The first-order valence-corrected chi connectivity index (χ1v) is 8.35. The summed E-state index contributed by atoms with van der Waals surface area (Å²) >= 11 is 5.75. The average molecular weight is 367 g/mol. The van der Waals surface area contributed by atoms with Crippen LogP contribution in [-0.4, -0.2) is 37.4 Å². The van der Waals surface area contributed by atoms with Gasteiger partial charge in [0.1, 0.15) is 11.5 Å². The highest BCUT2D eigenvalue weighted by atomic mass is 35.5. The summed E-state index contributed by atoms with van der Waals surface area (Å²) in [6.45, 7) is 0.948. The van der Waals surface area contributed by atoms with Gasteiger partial charge in [0.25, 0.3) is 0 Å². The Labute approximate surface area is 151 Å². The van der Waals surface area contributed by atoms with E-state index in [0.29, 0.717) is 37.4 Å². The number of hydrogen-bond donors (Lipinski definition) is 1. The molecule has 2 heterocycles. The van der Waals surface area contributed by atoms with Crippen molar-refractivity contribution in [3.63, 3.8) is 0 Å². The zero-order chi connectivity index (χ0) is 18.0. The van der Waals surface area contributed by atoms with Crippen LogP contribution in [0.5, 0.6) is 11.5 Å². The molecule has 0 bridgehead atoms. The number of rotatable bonds is 4. The average Bonchev–Trinajstić information content (AvgIpc) is 2.62. The maximum atomic E-state index is 14.1. The molecule has 0 aliphatic carbocycles. The van der Waals surface area contributed by atoms with Gasteiger partial charge in [0.05, 0.1) is 24.8 Å². The maximum Gasteiger partial charge on any atom is 0.167 e. The Bertz CT molecular complexity index is 742. The van der Waals surface area contributed by atoms with Crippen LogP contribution in [0.15, 0.2) is 30.5 Å². The van der Waals surface area contributed by atoms with Crippen molar-refractivity contribution in [2.75, 3.05) is 32.2 Å². The molecule has 0 amide bonds. The molecule has 7 heteroatoms. The molecule has 1 aromatic heterocycles. The van der Waals surface area contributed by atoms with Gasteiger partial charge < -0.3 is 19.5 Å². The third kappa shape index (κ3) is 3.65. The molecule has 5 nitrogen and oxygen atoms in total. The predicted octanol–water partition coefficient (Wildman–Crippen LogP) is 3.38. The molecule has 0 atom stereocenters. The van der Waals surface area contributed by atoms with E-state index < -0.39 is 11.4 Å². The highest BCUT2D eigenvalue weighted by Gasteiger charge is 2.35. The monoisotopic (exact) mass is 366 g/mol. The smallest absolute Gasteiger partial charge is 0.167 e. The minimum atomic E-state index is -1.03. The molecule has 1 N–H and O–H groups in total. The number of pyridine rings is 1. The van der Waals surface area contributed by atoms with Crippen molar-refractivity contribution in [1.29, 1.82) is 0 Å². The summed E-state index contributed by atoms with van der Waals surface area (Å²) < 4.78 is 24.6. The lowest BCUT2D eigenvalue weighted by Gasteiger charge is -2.39. The lowest BCUT2D eigenvalue weighted by molar-refractivity contribution is 0.0112. The first-order chi connectivity index (χ1) is 11.9. The third-order valence-electron chi connectivity index (χ3n) is 4.57. The molecule has 25 heavy (non-hydrogen) atoms. The van der Waals surface area contributed by atoms with E-state index in [1.165, 1.54) is 12.3 Å². The second-order valence-corrected chi connectivity index (χ2v) is 6.52. The number of halogens is 2. The number of nitrogens with zero attached hydrogens (tertiary/aromatic N) is 2. The van der Waals surface area contributed by atoms with E-state index in [4.69, 9.17) is 21.1 Å². The fraction of sp³-hybridized carbons (Fsp3) is 0.389. The van der Waals surface area contributed by atoms with Crippen LogP contribution in [0.2, 0.25) is 5.02 Å². The summed E-state index contributed by atoms with van der Waals surface area (Å²) in [4.78, 5) is 5.89. The third-order valence-corrected chi connectivity index (χ3v) is 4.77. The molecule has 0 radical (unpaired) electrons.